The standard InChI is InChI=1S/C22H26O6/c1-6-14(2)15-7-9-16(10-8-15)18(23)13-28-22(24)17-11-19(25-3)21(27-5)20(12-17)26-4/h7-12,14H,6,13H2,1-5H3/t14-/m1/s1. The molecule has 0 N–H and O–H groups in total. The molecule has 28 heavy (non-hydrogen) atoms. The maximum atomic E-state index is 12.4. The molecular weight excluding hydrogens is 360 g/mol. The maximum Gasteiger partial charge on any atom is 0.338 e. The predicted molar refractivity (Wildman–Crippen MR) is 106 cm³/mol. The molecule has 150 valence electrons. The molecule has 0 radical (unpaired) electrons. The third-order valence-corrected chi connectivity index (χ3v) is 4.65. The van der Waals surface area contributed by atoms with Gasteiger partial charge in [-0.3, -0.25) is 4.79 Å². The number of carbonyl (C=O) groups excluding carboxylic acids is 2. The zero-order chi connectivity index (χ0) is 20.7. The molecule has 0 aliphatic carbocycles. The highest BCUT2D eigenvalue weighted by Crippen LogP contribution is 2.38. The van der Waals surface area contributed by atoms with Gasteiger partial charge in [-0.15, -0.1) is 0 Å². The average Bonchev–Trinajstić information content (AvgIpc) is 2.75. The quantitative estimate of drug-likeness (QED) is 0.474. The Labute approximate surface area is 165 Å². The first-order valence-corrected chi connectivity index (χ1v) is 9.05. The molecule has 6 nitrogen and oxygen atoms in total. The summed E-state index contributed by atoms with van der Waals surface area (Å²) in [6.07, 6.45) is 1.03. The van der Waals surface area contributed by atoms with E-state index in [1.165, 1.54) is 39.0 Å². The number of ketones is 1. The van der Waals surface area contributed by atoms with E-state index in [1.54, 1.807) is 12.1 Å². The SMILES string of the molecule is CC[C@@H](C)c1ccc(C(=O)COC(=O)c2cc(OC)c(OC)c(OC)c2)cc1. The van der Waals surface area contributed by atoms with Crippen LogP contribution in [0.4, 0.5) is 0 Å². The number of carbonyl (C=O) groups is 2. The summed E-state index contributed by atoms with van der Waals surface area (Å²) in [4.78, 5) is 24.7. The van der Waals surface area contributed by atoms with Crippen LogP contribution in [0, 0.1) is 0 Å². The van der Waals surface area contributed by atoms with E-state index in [9.17, 15) is 9.59 Å². The Balaban J connectivity index is 2.08. The van der Waals surface area contributed by atoms with Crippen molar-refractivity contribution in [3.63, 3.8) is 0 Å². The van der Waals surface area contributed by atoms with E-state index in [0.717, 1.165) is 6.42 Å². The van der Waals surface area contributed by atoms with Crippen molar-refractivity contribution in [2.75, 3.05) is 27.9 Å². The third kappa shape index (κ3) is 4.82. The summed E-state index contributed by atoms with van der Waals surface area (Å²) in [6, 6.07) is 10.4. The van der Waals surface area contributed by atoms with E-state index in [0.29, 0.717) is 28.7 Å². The Hall–Kier alpha value is -3.02. The van der Waals surface area contributed by atoms with Crippen molar-refractivity contribution in [1.82, 2.24) is 0 Å². The van der Waals surface area contributed by atoms with Crippen molar-refractivity contribution in [3.8, 4) is 17.2 Å². The molecule has 0 saturated heterocycles. The fourth-order valence-corrected chi connectivity index (χ4v) is 2.73. The Kier molecular flexibility index (Phi) is 7.44. The van der Waals surface area contributed by atoms with Crippen molar-refractivity contribution >= 4 is 11.8 Å². The fourth-order valence-electron chi connectivity index (χ4n) is 2.73. The zero-order valence-electron chi connectivity index (χ0n) is 16.9. The molecule has 0 amide bonds. The molecule has 0 bridgehead atoms. The number of hydrogen-bond acceptors (Lipinski definition) is 6. The highest BCUT2D eigenvalue weighted by Gasteiger charge is 2.19. The van der Waals surface area contributed by atoms with Crippen LogP contribution < -0.4 is 14.2 Å². The van der Waals surface area contributed by atoms with Gasteiger partial charge in [-0.05, 0) is 30.0 Å². The van der Waals surface area contributed by atoms with Gasteiger partial charge < -0.3 is 18.9 Å². The summed E-state index contributed by atoms with van der Waals surface area (Å²) in [5.41, 5.74) is 1.88. The van der Waals surface area contributed by atoms with Crippen LogP contribution in [-0.4, -0.2) is 39.7 Å². The van der Waals surface area contributed by atoms with Gasteiger partial charge in [0.15, 0.2) is 23.9 Å². The average molecular weight is 386 g/mol. The molecule has 0 aliphatic heterocycles. The fraction of sp³-hybridized carbons (Fsp3) is 0.364. The summed E-state index contributed by atoms with van der Waals surface area (Å²) < 4.78 is 20.9. The molecule has 0 heterocycles. The van der Waals surface area contributed by atoms with E-state index >= 15 is 0 Å². The second kappa shape index (κ2) is 9.78. The van der Waals surface area contributed by atoms with Crippen LogP contribution in [0.25, 0.3) is 0 Å². The number of Topliss-reactive ketones (excluding diaryl/α,β-unsaturated/α-hetero) is 1. The number of benzene rings is 2. The normalized spacial score (nSPS) is 11.5. The van der Waals surface area contributed by atoms with Crippen molar-refractivity contribution < 1.29 is 28.5 Å². The van der Waals surface area contributed by atoms with Gasteiger partial charge in [0.05, 0.1) is 26.9 Å². The van der Waals surface area contributed by atoms with Gasteiger partial charge in [-0.2, -0.15) is 0 Å². The van der Waals surface area contributed by atoms with Gasteiger partial charge in [0, 0.05) is 5.56 Å². The largest absolute Gasteiger partial charge is 0.493 e. The Morgan fingerprint density at radius 2 is 1.46 bits per heavy atom. The van der Waals surface area contributed by atoms with Gasteiger partial charge in [0.1, 0.15) is 0 Å². The number of ether oxygens (including phenoxy) is 4. The molecule has 2 rings (SSSR count). The van der Waals surface area contributed by atoms with E-state index in [4.69, 9.17) is 18.9 Å². The monoisotopic (exact) mass is 386 g/mol. The molecule has 0 spiro atoms. The van der Waals surface area contributed by atoms with Crippen molar-refractivity contribution in [1.29, 1.82) is 0 Å². The minimum absolute atomic E-state index is 0.203. The van der Waals surface area contributed by atoms with Crippen LogP contribution in [-0.2, 0) is 4.74 Å². The van der Waals surface area contributed by atoms with Crippen LogP contribution in [0.2, 0.25) is 0 Å². The first kappa shape index (κ1) is 21.3. The maximum absolute atomic E-state index is 12.4. The van der Waals surface area contributed by atoms with Gasteiger partial charge in [0.2, 0.25) is 5.75 Å². The second-order valence-corrected chi connectivity index (χ2v) is 6.34. The minimum Gasteiger partial charge on any atom is -0.493 e. The zero-order valence-corrected chi connectivity index (χ0v) is 16.9. The molecular formula is C22H26O6. The molecule has 6 heteroatoms. The number of esters is 1. The summed E-state index contributed by atoms with van der Waals surface area (Å²) in [5.74, 6) is 0.558. The van der Waals surface area contributed by atoms with Crippen LogP contribution in [0.3, 0.4) is 0 Å². The van der Waals surface area contributed by atoms with E-state index in [1.807, 2.05) is 12.1 Å². The molecule has 2 aromatic rings. The minimum atomic E-state index is -0.649. The van der Waals surface area contributed by atoms with Gasteiger partial charge in [-0.1, -0.05) is 38.1 Å². The Morgan fingerprint density at radius 1 is 0.893 bits per heavy atom. The third-order valence-electron chi connectivity index (χ3n) is 4.65. The van der Waals surface area contributed by atoms with E-state index in [2.05, 4.69) is 13.8 Å². The number of methoxy groups -OCH3 is 3. The first-order chi connectivity index (χ1) is 13.4. The molecule has 0 fully saturated rings. The smallest absolute Gasteiger partial charge is 0.338 e. The van der Waals surface area contributed by atoms with Crippen molar-refractivity contribution in [2.24, 2.45) is 0 Å². The van der Waals surface area contributed by atoms with E-state index < -0.39 is 5.97 Å². The van der Waals surface area contributed by atoms with Crippen molar-refractivity contribution in [3.05, 3.63) is 53.1 Å². The van der Waals surface area contributed by atoms with Gasteiger partial charge >= 0.3 is 5.97 Å². The lowest BCUT2D eigenvalue weighted by Gasteiger charge is -2.13. The Morgan fingerprint density at radius 3 is 1.93 bits per heavy atom. The molecule has 1 atom stereocenters. The lowest BCUT2D eigenvalue weighted by molar-refractivity contribution is 0.0474. The summed E-state index contributed by atoms with van der Waals surface area (Å²) >= 11 is 0. The van der Waals surface area contributed by atoms with Crippen LogP contribution in [0.5, 0.6) is 17.2 Å². The highest BCUT2D eigenvalue weighted by molar-refractivity contribution is 5.99. The number of rotatable bonds is 9. The van der Waals surface area contributed by atoms with Crippen LogP contribution >= 0.6 is 0 Å². The topological polar surface area (TPSA) is 71.1 Å². The summed E-state index contributed by atoms with van der Waals surface area (Å²) in [7, 11) is 4.39. The highest BCUT2D eigenvalue weighted by atomic mass is 16.5. The second-order valence-electron chi connectivity index (χ2n) is 6.34. The summed E-state index contributed by atoms with van der Waals surface area (Å²) in [5, 5.41) is 0. The lowest BCUT2D eigenvalue weighted by atomic mass is 9.97. The predicted octanol–water partition coefficient (Wildman–Crippen LogP) is 4.27. The van der Waals surface area contributed by atoms with Crippen LogP contribution in [0.1, 0.15) is 52.5 Å². The van der Waals surface area contributed by atoms with E-state index in [-0.39, 0.29) is 18.0 Å². The molecule has 0 unspecified atom stereocenters. The Bertz CT molecular complexity index is 800. The molecule has 0 aromatic heterocycles. The molecule has 0 saturated carbocycles. The van der Waals surface area contributed by atoms with Crippen LogP contribution in [0.15, 0.2) is 36.4 Å². The van der Waals surface area contributed by atoms with Gasteiger partial charge in [0.25, 0.3) is 0 Å². The molecule has 0 aliphatic rings. The molecule has 2 aromatic carbocycles. The van der Waals surface area contributed by atoms with Gasteiger partial charge in [-0.25, -0.2) is 4.79 Å². The number of hydrogen-bond donors (Lipinski definition) is 0. The first-order valence-electron chi connectivity index (χ1n) is 9.05. The lowest BCUT2D eigenvalue weighted by Crippen LogP contribution is -2.14. The van der Waals surface area contributed by atoms with Crippen molar-refractivity contribution in [2.45, 2.75) is 26.2 Å². The summed E-state index contributed by atoms with van der Waals surface area (Å²) in [6.45, 7) is 3.90.